The number of hydrogen-bond acceptors (Lipinski definition) is 2. The number of hydrogen-bond donors (Lipinski definition) is 2. The number of carboxylic acids is 1. The van der Waals surface area contributed by atoms with E-state index in [4.69, 9.17) is 0 Å². The lowest BCUT2D eigenvalue weighted by Crippen LogP contribution is -2.18. The Hall–Kier alpha value is -1.35. The van der Waals surface area contributed by atoms with Crippen molar-refractivity contribution in [1.82, 2.24) is 0 Å². The van der Waals surface area contributed by atoms with E-state index < -0.39 is 17.5 Å². The molecule has 0 bridgehead atoms. The van der Waals surface area contributed by atoms with Gasteiger partial charge in [0.1, 0.15) is 0 Å². The van der Waals surface area contributed by atoms with Gasteiger partial charge in [-0.05, 0) is 39.2 Å². The summed E-state index contributed by atoms with van der Waals surface area (Å²) in [7, 11) is 0. The fourth-order valence-electron chi connectivity index (χ4n) is 2.23. The minimum atomic E-state index is -0.770. The van der Waals surface area contributed by atoms with Gasteiger partial charge in [-0.3, -0.25) is 4.79 Å². The van der Waals surface area contributed by atoms with Crippen LogP contribution in [0.25, 0.3) is 0 Å². The zero-order chi connectivity index (χ0) is 14.5. The van der Waals surface area contributed by atoms with Crippen LogP contribution in [0.4, 0.5) is 0 Å². The Morgan fingerprint density at radius 2 is 2.00 bits per heavy atom. The van der Waals surface area contributed by atoms with Crippen LogP contribution in [-0.2, 0) is 4.79 Å². The molecule has 0 amide bonds. The molecule has 0 saturated carbocycles. The largest absolute Gasteiger partial charge is 0.481 e. The summed E-state index contributed by atoms with van der Waals surface area (Å²) < 4.78 is 0. The molecular formula is C16H24O3. The van der Waals surface area contributed by atoms with Gasteiger partial charge in [-0.2, -0.15) is 0 Å². The van der Waals surface area contributed by atoms with Gasteiger partial charge in [0.05, 0.1) is 11.5 Å². The van der Waals surface area contributed by atoms with E-state index >= 15 is 0 Å². The molecule has 0 aliphatic heterocycles. The van der Waals surface area contributed by atoms with Crippen molar-refractivity contribution in [2.24, 2.45) is 0 Å². The summed E-state index contributed by atoms with van der Waals surface area (Å²) >= 11 is 0. The Balaban J connectivity index is 2.57. The van der Waals surface area contributed by atoms with E-state index in [2.05, 4.69) is 0 Å². The van der Waals surface area contributed by atoms with Crippen molar-refractivity contribution in [3.8, 4) is 0 Å². The highest BCUT2D eigenvalue weighted by Crippen LogP contribution is 2.24. The van der Waals surface area contributed by atoms with Gasteiger partial charge in [-0.25, -0.2) is 0 Å². The first-order chi connectivity index (χ1) is 8.79. The maximum absolute atomic E-state index is 11.4. The maximum atomic E-state index is 11.4. The second-order valence-corrected chi connectivity index (χ2v) is 5.86. The monoisotopic (exact) mass is 264 g/mol. The molecule has 3 nitrogen and oxygen atoms in total. The second kappa shape index (κ2) is 6.71. The van der Waals surface area contributed by atoms with Gasteiger partial charge in [0.2, 0.25) is 0 Å². The van der Waals surface area contributed by atoms with Gasteiger partial charge in [-0.15, -0.1) is 0 Å². The molecule has 1 unspecified atom stereocenters. The normalized spacial score (nSPS) is 13.3. The molecule has 0 aliphatic rings. The highest BCUT2D eigenvalue weighted by Gasteiger charge is 2.20. The lowest BCUT2D eigenvalue weighted by atomic mass is 9.91. The number of aliphatic carboxylic acids is 1. The zero-order valence-electron chi connectivity index (χ0n) is 12.0. The van der Waals surface area contributed by atoms with Crippen molar-refractivity contribution in [2.75, 3.05) is 0 Å². The third-order valence-electron chi connectivity index (χ3n) is 3.27. The van der Waals surface area contributed by atoms with Crippen molar-refractivity contribution in [1.29, 1.82) is 0 Å². The molecular weight excluding hydrogens is 240 g/mol. The summed E-state index contributed by atoms with van der Waals surface area (Å²) in [5, 5.41) is 19.0. The fraction of sp³-hybridized carbons (Fsp3) is 0.562. The summed E-state index contributed by atoms with van der Waals surface area (Å²) in [6.07, 6.45) is 2.98. The van der Waals surface area contributed by atoms with Crippen LogP contribution in [-0.4, -0.2) is 21.8 Å². The molecule has 1 rings (SSSR count). The zero-order valence-corrected chi connectivity index (χ0v) is 12.0. The first-order valence-corrected chi connectivity index (χ1v) is 6.81. The smallest absolute Gasteiger partial charge is 0.310 e. The Labute approximate surface area is 115 Å². The first kappa shape index (κ1) is 15.7. The van der Waals surface area contributed by atoms with Crippen LogP contribution in [0, 0.1) is 6.92 Å². The van der Waals surface area contributed by atoms with E-state index in [1.54, 1.807) is 13.8 Å². The fourth-order valence-corrected chi connectivity index (χ4v) is 2.23. The van der Waals surface area contributed by atoms with Crippen LogP contribution in [0.15, 0.2) is 24.3 Å². The van der Waals surface area contributed by atoms with Crippen LogP contribution in [0.2, 0.25) is 0 Å². The Bertz CT molecular complexity index is 418. The van der Waals surface area contributed by atoms with Gasteiger partial charge >= 0.3 is 5.97 Å². The minimum absolute atomic E-state index is 0.443. The summed E-state index contributed by atoms with van der Waals surface area (Å²) in [4.78, 5) is 11.4. The number of rotatable bonds is 7. The van der Waals surface area contributed by atoms with E-state index in [1.807, 2.05) is 31.2 Å². The molecule has 0 radical (unpaired) electrons. The van der Waals surface area contributed by atoms with E-state index in [9.17, 15) is 15.0 Å². The van der Waals surface area contributed by atoms with E-state index in [0.29, 0.717) is 12.8 Å². The van der Waals surface area contributed by atoms with E-state index in [1.165, 1.54) is 0 Å². The molecule has 0 aromatic heterocycles. The van der Waals surface area contributed by atoms with Gasteiger partial charge < -0.3 is 10.2 Å². The number of benzene rings is 1. The lowest BCUT2D eigenvalue weighted by Gasteiger charge is -2.18. The van der Waals surface area contributed by atoms with E-state index in [0.717, 1.165) is 24.0 Å². The number of aliphatic hydroxyl groups is 1. The average Bonchev–Trinajstić information content (AvgIpc) is 2.26. The van der Waals surface area contributed by atoms with Crippen LogP contribution < -0.4 is 0 Å². The summed E-state index contributed by atoms with van der Waals surface area (Å²) in [5.41, 5.74) is 1.29. The molecule has 3 heteroatoms. The number of carboxylic acid groups (broad SMARTS) is 1. The van der Waals surface area contributed by atoms with Crippen molar-refractivity contribution in [3.05, 3.63) is 35.4 Å². The average molecular weight is 264 g/mol. The molecule has 1 aromatic rings. The molecule has 2 N–H and O–H groups in total. The number of aryl methyl sites for hydroxylation is 1. The SMILES string of the molecule is Cc1cccc(C(CCCCC(C)(C)O)C(=O)O)c1. The molecule has 0 heterocycles. The predicted molar refractivity (Wildman–Crippen MR) is 76.3 cm³/mol. The second-order valence-electron chi connectivity index (χ2n) is 5.86. The van der Waals surface area contributed by atoms with Crippen LogP contribution in [0.1, 0.15) is 56.6 Å². The topological polar surface area (TPSA) is 57.5 Å². The molecule has 0 fully saturated rings. The summed E-state index contributed by atoms with van der Waals surface area (Å²) in [5.74, 6) is -1.21. The standard InChI is InChI=1S/C16H24O3/c1-12-7-6-8-13(11-12)14(15(17)18)9-4-5-10-16(2,3)19/h6-8,11,14,19H,4-5,9-10H2,1-3H3,(H,17,18). The van der Waals surface area contributed by atoms with Crippen molar-refractivity contribution in [3.63, 3.8) is 0 Å². The van der Waals surface area contributed by atoms with Crippen molar-refractivity contribution >= 4 is 5.97 Å². The summed E-state index contributed by atoms with van der Waals surface area (Å²) in [6.45, 7) is 5.53. The molecule has 106 valence electrons. The quantitative estimate of drug-likeness (QED) is 0.741. The van der Waals surface area contributed by atoms with Gasteiger partial charge in [0.25, 0.3) is 0 Å². The van der Waals surface area contributed by atoms with Gasteiger partial charge in [0, 0.05) is 0 Å². The highest BCUT2D eigenvalue weighted by molar-refractivity contribution is 5.76. The maximum Gasteiger partial charge on any atom is 0.310 e. The predicted octanol–water partition coefficient (Wildman–Crippen LogP) is 3.49. The first-order valence-electron chi connectivity index (χ1n) is 6.81. The molecule has 1 atom stereocenters. The molecule has 1 aromatic carbocycles. The van der Waals surface area contributed by atoms with Crippen molar-refractivity contribution < 1.29 is 15.0 Å². The van der Waals surface area contributed by atoms with E-state index in [-0.39, 0.29) is 0 Å². The summed E-state index contributed by atoms with van der Waals surface area (Å²) in [6, 6.07) is 7.69. The molecule has 0 spiro atoms. The minimum Gasteiger partial charge on any atom is -0.481 e. The Morgan fingerprint density at radius 1 is 1.32 bits per heavy atom. The number of unbranched alkanes of at least 4 members (excludes halogenated alkanes) is 1. The van der Waals surface area contributed by atoms with Crippen LogP contribution >= 0.6 is 0 Å². The van der Waals surface area contributed by atoms with Gasteiger partial charge in [0.15, 0.2) is 0 Å². The molecule has 19 heavy (non-hydrogen) atoms. The number of carbonyl (C=O) groups is 1. The Kier molecular flexibility index (Phi) is 5.55. The third kappa shape index (κ3) is 5.88. The van der Waals surface area contributed by atoms with Crippen LogP contribution in [0.5, 0.6) is 0 Å². The molecule has 0 saturated heterocycles. The van der Waals surface area contributed by atoms with Crippen LogP contribution in [0.3, 0.4) is 0 Å². The highest BCUT2D eigenvalue weighted by atomic mass is 16.4. The third-order valence-corrected chi connectivity index (χ3v) is 3.27. The Morgan fingerprint density at radius 3 is 2.53 bits per heavy atom. The molecule has 0 aliphatic carbocycles. The lowest BCUT2D eigenvalue weighted by molar-refractivity contribution is -0.139. The van der Waals surface area contributed by atoms with Gasteiger partial charge in [-0.1, -0.05) is 42.7 Å². The van der Waals surface area contributed by atoms with Crippen molar-refractivity contribution in [2.45, 2.75) is 58.0 Å².